The van der Waals surface area contributed by atoms with Gasteiger partial charge < -0.3 is 34.4 Å². The normalized spacial score (nSPS) is 24.1. The molecule has 1 unspecified atom stereocenters. The van der Waals surface area contributed by atoms with Crippen LogP contribution in [0.2, 0.25) is 5.28 Å². The number of benzene rings is 2. The van der Waals surface area contributed by atoms with Gasteiger partial charge in [0, 0.05) is 11.9 Å². The van der Waals surface area contributed by atoms with Gasteiger partial charge in [0.15, 0.2) is 12.1 Å². The van der Waals surface area contributed by atoms with Gasteiger partial charge in [-0.25, -0.2) is 14.4 Å². The standard InChI is InChI=1S/C21H23ClFN3O8P2/c22-21-25-15-8-13(6-7-14(15)20(26-21)24-9-12-4-2-1-3-5-12)19-17(23)18(27)16(34-19)10-33-36(31,32)11-35(28,29)30/h1-8,16-19,27H,9-11H2,(H,31,32)(H,24,25,26)(H2,28,29,30)/t16-,17+,18-,19+/m1/s1. The molecule has 11 nitrogen and oxygen atoms in total. The molecule has 1 aliphatic rings. The Balaban J connectivity index is 1.50. The molecule has 194 valence electrons. The second-order valence-electron chi connectivity index (χ2n) is 8.23. The van der Waals surface area contributed by atoms with Crippen LogP contribution in [0, 0.1) is 0 Å². The lowest BCUT2D eigenvalue weighted by Gasteiger charge is -2.18. The predicted molar refractivity (Wildman–Crippen MR) is 130 cm³/mol. The molecule has 15 heteroatoms. The molecule has 5 N–H and O–H groups in total. The highest BCUT2D eigenvalue weighted by atomic mass is 35.5. The Morgan fingerprint density at radius 1 is 1.11 bits per heavy atom. The minimum atomic E-state index is -4.83. The summed E-state index contributed by atoms with van der Waals surface area (Å²) in [6.07, 6.45) is -6.23. The van der Waals surface area contributed by atoms with Crippen LogP contribution in [-0.2, 0) is 24.9 Å². The van der Waals surface area contributed by atoms with Gasteiger partial charge in [0.25, 0.3) is 0 Å². The largest absolute Gasteiger partial charge is 0.387 e. The number of hydrogen-bond donors (Lipinski definition) is 5. The van der Waals surface area contributed by atoms with E-state index in [0.29, 0.717) is 28.8 Å². The third-order valence-corrected chi connectivity index (χ3v) is 9.07. The average Bonchev–Trinajstić information content (AvgIpc) is 3.08. The number of aliphatic hydroxyl groups excluding tert-OH is 1. The molecule has 2 aromatic carbocycles. The molecule has 36 heavy (non-hydrogen) atoms. The number of halogens is 2. The highest BCUT2D eigenvalue weighted by Crippen LogP contribution is 2.55. The van der Waals surface area contributed by atoms with Crippen molar-refractivity contribution < 1.29 is 42.6 Å². The molecule has 0 bridgehead atoms. The van der Waals surface area contributed by atoms with Crippen LogP contribution in [0.5, 0.6) is 0 Å². The van der Waals surface area contributed by atoms with E-state index in [4.69, 9.17) is 26.1 Å². The quantitative estimate of drug-likeness (QED) is 0.191. The Kier molecular flexibility index (Phi) is 8.11. The maximum absolute atomic E-state index is 14.9. The zero-order valence-electron chi connectivity index (χ0n) is 18.5. The zero-order valence-corrected chi connectivity index (χ0v) is 21.1. The second-order valence-corrected chi connectivity index (χ2v) is 12.6. The summed E-state index contributed by atoms with van der Waals surface area (Å²) < 4.78 is 48.0. The van der Waals surface area contributed by atoms with E-state index in [1.807, 2.05) is 30.3 Å². The first-order chi connectivity index (χ1) is 16.9. The number of aromatic nitrogens is 2. The molecule has 1 aromatic heterocycles. The second kappa shape index (κ2) is 10.8. The summed E-state index contributed by atoms with van der Waals surface area (Å²) in [6.45, 7) is -0.269. The van der Waals surface area contributed by atoms with Crippen molar-refractivity contribution in [2.45, 2.75) is 31.0 Å². The van der Waals surface area contributed by atoms with Gasteiger partial charge in [-0.05, 0) is 34.9 Å². The summed E-state index contributed by atoms with van der Waals surface area (Å²) in [5.74, 6) is -0.934. The van der Waals surface area contributed by atoms with Crippen LogP contribution in [0.3, 0.4) is 0 Å². The number of alkyl halides is 1. The number of nitrogens with zero attached hydrogens (tertiary/aromatic N) is 2. The topological polar surface area (TPSA) is 171 Å². The first-order valence-corrected chi connectivity index (χ1v) is 14.6. The Bertz CT molecular complexity index is 1330. The summed E-state index contributed by atoms with van der Waals surface area (Å²) >= 11 is 6.09. The van der Waals surface area contributed by atoms with E-state index in [1.54, 1.807) is 12.1 Å². The van der Waals surface area contributed by atoms with E-state index in [2.05, 4.69) is 19.8 Å². The fraction of sp³-hybridized carbons (Fsp3) is 0.333. The number of fused-ring (bicyclic) bond motifs is 1. The van der Waals surface area contributed by atoms with Gasteiger partial charge in [-0.1, -0.05) is 36.4 Å². The van der Waals surface area contributed by atoms with Crippen LogP contribution < -0.4 is 5.32 Å². The Hall–Kier alpha value is -1.98. The van der Waals surface area contributed by atoms with E-state index in [9.17, 15) is 23.5 Å². The number of nitrogens with one attached hydrogen (secondary N) is 1. The monoisotopic (exact) mass is 561 g/mol. The van der Waals surface area contributed by atoms with Crippen LogP contribution >= 0.6 is 26.8 Å². The van der Waals surface area contributed by atoms with E-state index in [0.717, 1.165) is 5.56 Å². The van der Waals surface area contributed by atoms with Gasteiger partial charge in [-0.3, -0.25) is 9.13 Å². The van der Waals surface area contributed by atoms with Crippen LogP contribution in [0.25, 0.3) is 10.9 Å². The van der Waals surface area contributed by atoms with E-state index in [-0.39, 0.29) is 5.28 Å². The van der Waals surface area contributed by atoms with Gasteiger partial charge >= 0.3 is 15.2 Å². The molecule has 1 saturated heterocycles. The summed E-state index contributed by atoms with van der Waals surface area (Å²) in [7, 11) is -9.53. The molecule has 4 rings (SSSR count). The van der Waals surface area contributed by atoms with Gasteiger partial charge in [-0.15, -0.1) is 0 Å². The number of hydrogen-bond acceptors (Lipinski definition) is 8. The third-order valence-electron chi connectivity index (χ3n) is 5.45. The Morgan fingerprint density at radius 2 is 1.83 bits per heavy atom. The average molecular weight is 562 g/mol. The van der Waals surface area contributed by atoms with Crippen LogP contribution in [0.1, 0.15) is 17.2 Å². The van der Waals surface area contributed by atoms with Crippen molar-refractivity contribution in [1.29, 1.82) is 0 Å². The van der Waals surface area contributed by atoms with Crippen molar-refractivity contribution in [3.63, 3.8) is 0 Å². The number of rotatable bonds is 9. The summed E-state index contributed by atoms with van der Waals surface area (Å²) in [5.41, 5.74) is 1.74. The van der Waals surface area contributed by atoms with Crippen molar-refractivity contribution in [1.82, 2.24) is 9.97 Å². The molecular weight excluding hydrogens is 539 g/mol. The molecule has 2 heterocycles. The number of aliphatic hydroxyl groups is 1. The van der Waals surface area contributed by atoms with Gasteiger partial charge in [0.1, 0.15) is 24.1 Å². The lowest BCUT2D eigenvalue weighted by molar-refractivity contribution is -0.0183. The molecule has 5 atom stereocenters. The third kappa shape index (κ3) is 6.66. The SMILES string of the molecule is O=P(O)(O)CP(=O)(O)OC[C@H]1O[C@@H](c2ccc3c(NCc4ccccc4)nc(Cl)nc3c2)[C@@H](F)[C@@H]1O. The molecule has 0 aliphatic carbocycles. The van der Waals surface area contributed by atoms with Crippen LogP contribution in [0.15, 0.2) is 48.5 Å². The molecule has 1 fully saturated rings. The van der Waals surface area contributed by atoms with Crippen molar-refractivity contribution in [2.75, 3.05) is 17.8 Å². The fourth-order valence-electron chi connectivity index (χ4n) is 3.80. The molecule has 0 spiro atoms. The van der Waals surface area contributed by atoms with Crippen molar-refractivity contribution in [3.8, 4) is 0 Å². The van der Waals surface area contributed by atoms with Crippen molar-refractivity contribution >= 4 is 43.5 Å². The highest BCUT2D eigenvalue weighted by molar-refractivity contribution is 7.70. The lowest BCUT2D eigenvalue weighted by atomic mass is 10.0. The number of anilines is 1. The van der Waals surface area contributed by atoms with Crippen LogP contribution in [-0.4, -0.2) is 60.6 Å². The molecule has 3 aromatic rings. The van der Waals surface area contributed by atoms with E-state index >= 15 is 0 Å². The van der Waals surface area contributed by atoms with Gasteiger partial charge in [-0.2, -0.15) is 0 Å². The van der Waals surface area contributed by atoms with E-state index < -0.39 is 52.2 Å². The Labute approximate surface area is 210 Å². The fourth-order valence-corrected chi connectivity index (χ4v) is 6.55. The molecule has 1 aliphatic heterocycles. The first-order valence-electron chi connectivity index (χ1n) is 10.7. The van der Waals surface area contributed by atoms with Crippen molar-refractivity contribution in [3.05, 3.63) is 64.9 Å². The molecule has 0 amide bonds. The summed E-state index contributed by atoms with van der Waals surface area (Å²) in [5, 5.41) is 14.0. The molecule has 0 saturated carbocycles. The maximum Gasteiger partial charge on any atom is 0.340 e. The smallest absolute Gasteiger partial charge is 0.340 e. The number of ether oxygens (including phenoxy) is 1. The highest BCUT2D eigenvalue weighted by Gasteiger charge is 2.46. The van der Waals surface area contributed by atoms with Gasteiger partial charge in [0.2, 0.25) is 5.28 Å². The first kappa shape index (κ1) is 27.1. The maximum atomic E-state index is 14.9. The summed E-state index contributed by atoms with van der Waals surface area (Å²) in [4.78, 5) is 35.8. The Morgan fingerprint density at radius 3 is 2.53 bits per heavy atom. The lowest BCUT2D eigenvalue weighted by Crippen LogP contribution is -2.31. The zero-order chi connectivity index (χ0) is 26.1. The van der Waals surface area contributed by atoms with Crippen LogP contribution in [0.4, 0.5) is 10.2 Å². The van der Waals surface area contributed by atoms with Gasteiger partial charge in [0.05, 0.1) is 12.1 Å². The van der Waals surface area contributed by atoms with E-state index in [1.165, 1.54) is 6.07 Å². The predicted octanol–water partition coefficient (Wildman–Crippen LogP) is 3.37. The minimum absolute atomic E-state index is 0.0329. The summed E-state index contributed by atoms with van der Waals surface area (Å²) in [6, 6.07) is 14.4. The molecule has 0 radical (unpaired) electrons. The van der Waals surface area contributed by atoms with Crippen molar-refractivity contribution in [2.24, 2.45) is 0 Å². The minimum Gasteiger partial charge on any atom is -0.387 e. The molecular formula is C21H23ClFN3O8P2.